The van der Waals surface area contributed by atoms with E-state index in [1.807, 2.05) is 0 Å². The van der Waals surface area contributed by atoms with E-state index < -0.39 is 23.5 Å². The Morgan fingerprint density at radius 1 is 1.12 bits per heavy atom. The van der Waals surface area contributed by atoms with Crippen molar-refractivity contribution in [1.82, 2.24) is 20.3 Å². The first-order chi connectivity index (χ1) is 20.7. The van der Waals surface area contributed by atoms with E-state index in [1.54, 1.807) is 25.1 Å². The van der Waals surface area contributed by atoms with E-state index in [0.717, 1.165) is 4.90 Å². The Morgan fingerprint density at radius 3 is 2.56 bits per heavy atom. The Bertz CT molecular complexity index is 1770. The van der Waals surface area contributed by atoms with Crippen molar-refractivity contribution >= 4 is 57.9 Å². The van der Waals surface area contributed by atoms with Crippen LogP contribution < -0.4 is 26.0 Å². The first-order valence-corrected chi connectivity index (χ1v) is 13.9. The van der Waals surface area contributed by atoms with Gasteiger partial charge in [0, 0.05) is 29.7 Å². The van der Waals surface area contributed by atoms with Gasteiger partial charge in [-0.3, -0.25) is 14.4 Å². The number of rotatable bonds is 7. The minimum Gasteiger partial charge on any atom is -0.506 e. The van der Waals surface area contributed by atoms with Crippen LogP contribution in [0.3, 0.4) is 0 Å². The number of benzene rings is 2. The number of halogens is 1. The summed E-state index contributed by atoms with van der Waals surface area (Å²) >= 11 is 6.32. The lowest BCUT2D eigenvalue weighted by Crippen LogP contribution is -2.46. The molecule has 13 nitrogen and oxygen atoms in total. The van der Waals surface area contributed by atoms with Crippen LogP contribution in [0.1, 0.15) is 40.5 Å². The van der Waals surface area contributed by atoms with Crippen molar-refractivity contribution in [2.24, 2.45) is 0 Å². The Morgan fingerprint density at radius 2 is 1.86 bits per heavy atom. The van der Waals surface area contributed by atoms with Gasteiger partial charge in [-0.05, 0) is 69.3 Å². The third-order valence-electron chi connectivity index (χ3n) is 7.12. The number of carbonyl (C=O) groups is 3. The fraction of sp³-hybridized carbons (Fsp3) is 0.241. The highest BCUT2D eigenvalue weighted by molar-refractivity contribution is 6.34. The maximum Gasteiger partial charge on any atom is 0.414 e. The number of aromatic amines is 1. The number of hydrogen-bond acceptors (Lipinski definition) is 8. The number of aromatic hydroxyl groups is 1. The smallest absolute Gasteiger partial charge is 0.414 e. The van der Waals surface area contributed by atoms with E-state index >= 15 is 0 Å². The van der Waals surface area contributed by atoms with Crippen molar-refractivity contribution in [3.63, 3.8) is 0 Å². The van der Waals surface area contributed by atoms with E-state index in [9.17, 15) is 29.4 Å². The minimum atomic E-state index is -1.20. The van der Waals surface area contributed by atoms with Crippen LogP contribution in [0.2, 0.25) is 5.02 Å². The summed E-state index contributed by atoms with van der Waals surface area (Å²) in [6.07, 6.45) is 1.31. The summed E-state index contributed by atoms with van der Waals surface area (Å²) in [6.45, 7) is 3.34. The standard InChI is InChI=1S/C29H28ClN7O6/c1-2-36(22-5-3-4-6-23(22)38)27(41)16-7-8-20(30)21(14-16)33-25(39)19-13-17-15-32-28(35-24(17)34-26(19)40)37(29(42)43)18-9-11-31-12-10-18/h3-8,13-15,18,31,38H,2,9-12H2,1H3,(H,33,39)(H,42,43)(H,32,34,35,40). The lowest BCUT2D eigenvalue weighted by Gasteiger charge is -2.30. The first kappa shape index (κ1) is 29.5. The molecule has 0 radical (unpaired) electrons. The number of pyridine rings is 1. The minimum absolute atomic E-state index is 0.0613. The molecule has 0 unspecified atom stereocenters. The number of hydrogen-bond donors (Lipinski definition) is 5. The molecule has 1 aliphatic rings. The number of fused-ring (bicyclic) bond motifs is 1. The molecule has 0 atom stereocenters. The molecule has 222 valence electrons. The Labute approximate surface area is 250 Å². The molecule has 0 aliphatic carbocycles. The Hall–Kier alpha value is -5.01. The van der Waals surface area contributed by atoms with Crippen LogP contribution in [-0.2, 0) is 0 Å². The van der Waals surface area contributed by atoms with Crippen molar-refractivity contribution < 1.29 is 24.6 Å². The first-order valence-electron chi connectivity index (χ1n) is 13.5. The van der Waals surface area contributed by atoms with Gasteiger partial charge in [-0.25, -0.2) is 14.7 Å². The molecule has 14 heteroatoms. The molecule has 2 aromatic carbocycles. The van der Waals surface area contributed by atoms with Gasteiger partial charge in [0.25, 0.3) is 17.4 Å². The van der Waals surface area contributed by atoms with Crippen LogP contribution >= 0.6 is 11.6 Å². The van der Waals surface area contributed by atoms with Crippen molar-refractivity contribution in [1.29, 1.82) is 0 Å². The molecule has 43 heavy (non-hydrogen) atoms. The molecule has 1 fully saturated rings. The van der Waals surface area contributed by atoms with Gasteiger partial charge in [0.1, 0.15) is 17.0 Å². The fourth-order valence-electron chi connectivity index (χ4n) is 4.95. The summed E-state index contributed by atoms with van der Waals surface area (Å²) in [6, 6.07) is 11.7. The zero-order valence-corrected chi connectivity index (χ0v) is 23.8. The molecule has 0 bridgehead atoms. The molecule has 0 spiro atoms. The summed E-state index contributed by atoms with van der Waals surface area (Å²) in [4.78, 5) is 64.9. The number of H-pyrrole nitrogens is 1. The number of carbonyl (C=O) groups excluding carboxylic acids is 2. The van der Waals surface area contributed by atoms with E-state index in [1.165, 1.54) is 41.4 Å². The molecule has 2 aromatic heterocycles. The molecular formula is C29H28ClN7O6. The van der Waals surface area contributed by atoms with Crippen molar-refractivity contribution in [2.75, 3.05) is 34.8 Å². The number of nitrogens with zero attached hydrogens (tertiary/aromatic N) is 4. The summed E-state index contributed by atoms with van der Waals surface area (Å²) in [5.41, 5.74) is -0.356. The second kappa shape index (κ2) is 12.5. The molecule has 0 saturated carbocycles. The monoisotopic (exact) mass is 605 g/mol. The largest absolute Gasteiger partial charge is 0.506 e. The quantitative estimate of drug-likeness (QED) is 0.209. The normalized spacial score (nSPS) is 13.4. The number of amides is 3. The summed E-state index contributed by atoms with van der Waals surface area (Å²) < 4.78 is 0. The Kier molecular flexibility index (Phi) is 8.55. The number of phenols is 1. The lowest BCUT2D eigenvalue weighted by molar-refractivity contribution is 0.0984. The summed E-state index contributed by atoms with van der Waals surface area (Å²) in [5.74, 6) is -1.37. The number of nitrogens with one attached hydrogen (secondary N) is 3. The topological polar surface area (TPSA) is 181 Å². The third kappa shape index (κ3) is 6.12. The fourth-order valence-corrected chi connectivity index (χ4v) is 5.12. The van der Waals surface area contributed by atoms with Gasteiger partial charge >= 0.3 is 6.09 Å². The lowest BCUT2D eigenvalue weighted by atomic mass is 10.1. The van der Waals surface area contributed by atoms with Crippen molar-refractivity contribution in [3.05, 3.63) is 81.2 Å². The van der Waals surface area contributed by atoms with Crippen LogP contribution in [0.4, 0.5) is 22.1 Å². The van der Waals surface area contributed by atoms with Crippen LogP contribution in [0, 0.1) is 0 Å². The molecular weight excluding hydrogens is 578 g/mol. The molecule has 1 aliphatic heterocycles. The number of anilines is 3. The average molecular weight is 606 g/mol. The number of para-hydroxylation sites is 2. The maximum absolute atomic E-state index is 13.3. The SMILES string of the molecule is CCN(C(=O)c1ccc(Cl)c(NC(=O)c2cc3cnc(N(C(=O)O)C4CCNCC4)nc3[nH]c2=O)c1)c1ccccc1O. The summed E-state index contributed by atoms with van der Waals surface area (Å²) in [5, 5.41) is 26.2. The van der Waals surface area contributed by atoms with Crippen molar-refractivity contribution in [3.8, 4) is 5.75 Å². The molecule has 4 aromatic rings. The van der Waals surface area contributed by atoms with Crippen LogP contribution in [0.25, 0.3) is 11.0 Å². The number of carboxylic acid groups (broad SMARTS) is 1. The maximum atomic E-state index is 13.3. The molecule has 3 heterocycles. The molecule has 1 saturated heterocycles. The predicted molar refractivity (Wildman–Crippen MR) is 161 cm³/mol. The van der Waals surface area contributed by atoms with Crippen molar-refractivity contribution in [2.45, 2.75) is 25.8 Å². The predicted octanol–water partition coefficient (Wildman–Crippen LogP) is 3.83. The van der Waals surface area contributed by atoms with Crippen LogP contribution in [0.15, 0.2) is 59.5 Å². The van der Waals surface area contributed by atoms with Gasteiger partial charge in [-0.15, -0.1) is 0 Å². The average Bonchev–Trinajstić information content (AvgIpc) is 2.99. The van der Waals surface area contributed by atoms with E-state index in [-0.39, 0.29) is 51.8 Å². The van der Waals surface area contributed by atoms with Gasteiger partial charge < -0.3 is 30.7 Å². The van der Waals surface area contributed by atoms with Gasteiger partial charge in [0.2, 0.25) is 5.95 Å². The highest BCUT2D eigenvalue weighted by Gasteiger charge is 2.29. The number of piperidine rings is 1. The van der Waals surface area contributed by atoms with Crippen LogP contribution in [-0.4, -0.2) is 68.7 Å². The molecule has 5 rings (SSSR count). The second-order valence-corrected chi connectivity index (χ2v) is 10.2. The molecule has 5 N–H and O–H groups in total. The second-order valence-electron chi connectivity index (χ2n) is 9.81. The van der Waals surface area contributed by atoms with Gasteiger partial charge in [0.05, 0.1) is 16.4 Å². The number of aromatic nitrogens is 3. The van der Waals surface area contributed by atoms with Gasteiger partial charge in [0.15, 0.2) is 0 Å². The zero-order chi connectivity index (χ0) is 30.7. The number of phenolic OH excluding ortho intramolecular Hbond substituents is 1. The highest BCUT2D eigenvalue weighted by Crippen LogP contribution is 2.30. The summed E-state index contributed by atoms with van der Waals surface area (Å²) in [7, 11) is 0. The van der Waals surface area contributed by atoms with E-state index in [2.05, 4.69) is 25.6 Å². The molecule has 3 amide bonds. The van der Waals surface area contributed by atoms with E-state index in [4.69, 9.17) is 11.6 Å². The Balaban J connectivity index is 1.40. The van der Waals surface area contributed by atoms with Gasteiger partial charge in [-0.1, -0.05) is 23.7 Å². The zero-order valence-electron chi connectivity index (χ0n) is 23.0. The van der Waals surface area contributed by atoms with E-state index in [0.29, 0.717) is 37.0 Å². The highest BCUT2D eigenvalue weighted by atomic mass is 35.5. The van der Waals surface area contributed by atoms with Crippen LogP contribution in [0.5, 0.6) is 5.75 Å². The third-order valence-corrected chi connectivity index (χ3v) is 7.45. The van der Waals surface area contributed by atoms with Gasteiger partial charge in [-0.2, -0.15) is 4.98 Å².